The third-order valence-electron chi connectivity index (χ3n) is 4.14. The van der Waals surface area contributed by atoms with Gasteiger partial charge in [-0.15, -0.1) is 10.2 Å². The van der Waals surface area contributed by atoms with Crippen LogP contribution in [0.25, 0.3) is 0 Å². The van der Waals surface area contributed by atoms with Crippen LogP contribution >= 0.6 is 23.4 Å². The number of rotatable bonds is 9. The Kier molecular flexibility index (Phi) is 7.13. The summed E-state index contributed by atoms with van der Waals surface area (Å²) in [6.07, 6.45) is 2.66. The second-order valence-electron chi connectivity index (χ2n) is 6.18. The molecule has 0 atom stereocenters. The van der Waals surface area contributed by atoms with E-state index in [1.54, 1.807) is 31.4 Å². The van der Waals surface area contributed by atoms with Gasteiger partial charge < -0.3 is 19.2 Å². The first-order valence-electron chi connectivity index (χ1n) is 8.76. The molecule has 3 rings (SSSR count). The van der Waals surface area contributed by atoms with Crippen molar-refractivity contribution in [3.8, 4) is 0 Å². The summed E-state index contributed by atoms with van der Waals surface area (Å²) >= 11 is 7.30. The maximum absolute atomic E-state index is 12.3. The third kappa shape index (κ3) is 5.37. The van der Waals surface area contributed by atoms with Gasteiger partial charge >= 0.3 is 0 Å². The Labute approximate surface area is 173 Å². The molecule has 0 aliphatic heterocycles. The van der Waals surface area contributed by atoms with Gasteiger partial charge in [-0.05, 0) is 30.3 Å². The SMILES string of the molecule is COCCn1c(Cc2cccn2C)nnc1SCC(=O)Nc1cccc(Cl)c1. The first kappa shape index (κ1) is 20.4. The number of ether oxygens (including phenoxy) is 1. The quantitative estimate of drug-likeness (QED) is 0.539. The van der Waals surface area contributed by atoms with Gasteiger partial charge in [0.05, 0.1) is 12.4 Å². The topological polar surface area (TPSA) is 74.0 Å². The number of thioether (sulfide) groups is 1. The Morgan fingerprint density at radius 2 is 2.14 bits per heavy atom. The highest BCUT2D eigenvalue weighted by Gasteiger charge is 2.15. The van der Waals surface area contributed by atoms with Crippen molar-refractivity contribution in [3.05, 3.63) is 59.1 Å². The van der Waals surface area contributed by atoms with E-state index in [-0.39, 0.29) is 11.7 Å². The molecule has 0 saturated carbocycles. The number of anilines is 1. The fourth-order valence-electron chi connectivity index (χ4n) is 2.70. The van der Waals surface area contributed by atoms with Crippen molar-refractivity contribution in [2.24, 2.45) is 7.05 Å². The Bertz CT molecular complexity index is 940. The minimum absolute atomic E-state index is 0.127. The van der Waals surface area contributed by atoms with Crippen LogP contribution in [0.3, 0.4) is 0 Å². The van der Waals surface area contributed by atoms with Crippen LogP contribution < -0.4 is 5.32 Å². The van der Waals surface area contributed by atoms with Gasteiger partial charge in [-0.1, -0.05) is 29.4 Å². The summed E-state index contributed by atoms with van der Waals surface area (Å²) in [6, 6.07) is 11.1. The molecular formula is C19H22ClN5O2S. The molecule has 1 aromatic carbocycles. The number of carbonyl (C=O) groups is 1. The molecule has 9 heteroatoms. The molecule has 2 heterocycles. The highest BCUT2D eigenvalue weighted by molar-refractivity contribution is 7.99. The minimum atomic E-state index is -0.127. The molecule has 2 aromatic heterocycles. The summed E-state index contributed by atoms with van der Waals surface area (Å²) in [7, 11) is 3.66. The van der Waals surface area contributed by atoms with Crippen LogP contribution in [-0.2, 0) is 29.5 Å². The average molecular weight is 420 g/mol. The first-order valence-corrected chi connectivity index (χ1v) is 10.1. The molecule has 7 nitrogen and oxygen atoms in total. The average Bonchev–Trinajstić information content (AvgIpc) is 3.24. The third-order valence-corrected chi connectivity index (χ3v) is 5.35. The Morgan fingerprint density at radius 3 is 2.86 bits per heavy atom. The van der Waals surface area contributed by atoms with Crippen molar-refractivity contribution in [1.29, 1.82) is 0 Å². The van der Waals surface area contributed by atoms with E-state index < -0.39 is 0 Å². The number of aryl methyl sites for hydroxylation is 1. The summed E-state index contributed by atoms with van der Waals surface area (Å²) < 4.78 is 9.28. The van der Waals surface area contributed by atoms with Gasteiger partial charge in [0.1, 0.15) is 5.82 Å². The molecule has 0 saturated heterocycles. The lowest BCUT2D eigenvalue weighted by Gasteiger charge is -2.10. The molecule has 0 spiro atoms. The number of hydrogen-bond acceptors (Lipinski definition) is 5. The lowest BCUT2D eigenvalue weighted by atomic mass is 10.3. The second-order valence-corrected chi connectivity index (χ2v) is 7.56. The lowest BCUT2D eigenvalue weighted by Crippen LogP contribution is -2.15. The summed E-state index contributed by atoms with van der Waals surface area (Å²) in [5.41, 5.74) is 1.81. The van der Waals surface area contributed by atoms with Crippen LogP contribution in [0.5, 0.6) is 0 Å². The van der Waals surface area contributed by atoms with Crippen LogP contribution in [0.2, 0.25) is 5.02 Å². The van der Waals surface area contributed by atoms with Gasteiger partial charge in [0.2, 0.25) is 5.91 Å². The standard InChI is InChI=1S/C19H22ClN5O2S/c1-24-8-4-7-16(24)12-17-22-23-19(25(17)9-10-27-2)28-13-18(26)21-15-6-3-5-14(20)11-15/h3-8,11H,9-10,12-13H2,1-2H3,(H,21,26). The van der Waals surface area contributed by atoms with Crippen LogP contribution in [0.15, 0.2) is 47.8 Å². The van der Waals surface area contributed by atoms with E-state index >= 15 is 0 Å². The molecule has 148 valence electrons. The number of amides is 1. The van der Waals surface area contributed by atoms with Gasteiger partial charge in [0.15, 0.2) is 5.16 Å². The van der Waals surface area contributed by atoms with E-state index in [9.17, 15) is 4.79 Å². The zero-order chi connectivity index (χ0) is 19.9. The molecule has 0 aliphatic rings. The largest absolute Gasteiger partial charge is 0.383 e. The highest BCUT2D eigenvalue weighted by Crippen LogP contribution is 2.20. The van der Waals surface area contributed by atoms with Crippen LogP contribution in [-0.4, -0.2) is 44.7 Å². The van der Waals surface area contributed by atoms with Crippen molar-refractivity contribution < 1.29 is 9.53 Å². The van der Waals surface area contributed by atoms with E-state index in [1.807, 2.05) is 23.9 Å². The van der Waals surface area contributed by atoms with Gasteiger partial charge in [-0.25, -0.2) is 0 Å². The normalized spacial score (nSPS) is 11.0. The van der Waals surface area contributed by atoms with Crippen molar-refractivity contribution in [2.45, 2.75) is 18.1 Å². The monoisotopic (exact) mass is 419 g/mol. The minimum Gasteiger partial charge on any atom is -0.383 e. The van der Waals surface area contributed by atoms with Gasteiger partial charge in [0.25, 0.3) is 0 Å². The Morgan fingerprint density at radius 1 is 1.29 bits per heavy atom. The number of carbonyl (C=O) groups excluding carboxylic acids is 1. The van der Waals surface area contributed by atoms with Crippen molar-refractivity contribution in [3.63, 3.8) is 0 Å². The van der Waals surface area contributed by atoms with E-state index in [0.717, 1.165) is 11.5 Å². The summed E-state index contributed by atoms with van der Waals surface area (Å²) in [4.78, 5) is 12.3. The molecule has 0 aliphatic carbocycles. The zero-order valence-corrected chi connectivity index (χ0v) is 17.3. The smallest absolute Gasteiger partial charge is 0.234 e. The molecule has 1 N–H and O–H groups in total. The number of nitrogens with zero attached hydrogens (tertiary/aromatic N) is 4. The molecule has 1 amide bonds. The van der Waals surface area contributed by atoms with E-state index in [0.29, 0.717) is 35.4 Å². The molecular weight excluding hydrogens is 398 g/mol. The molecule has 28 heavy (non-hydrogen) atoms. The Hall–Kier alpha value is -2.29. The van der Waals surface area contributed by atoms with Crippen LogP contribution in [0.1, 0.15) is 11.5 Å². The second kappa shape index (κ2) is 9.77. The van der Waals surface area contributed by atoms with E-state index in [1.165, 1.54) is 11.8 Å². The van der Waals surface area contributed by atoms with Gasteiger partial charge in [0, 0.05) is 49.7 Å². The summed E-state index contributed by atoms with van der Waals surface area (Å²) in [6.45, 7) is 1.17. The lowest BCUT2D eigenvalue weighted by molar-refractivity contribution is -0.113. The van der Waals surface area contributed by atoms with Gasteiger partial charge in [-0.2, -0.15) is 0 Å². The molecule has 0 bridgehead atoms. The maximum atomic E-state index is 12.3. The molecule has 3 aromatic rings. The maximum Gasteiger partial charge on any atom is 0.234 e. The fraction of sp³-hybridized carbons (Fsp3) is 0.316. The molecule has 0 fully saturated rings. The number of benzene rings is 1. The molecule has 0 radical (unpaired) electrons. The summed E-state index contributed by atoms with van der Waals surface area (Å²) in [5, 5.41) is 12.7. The number of halogens is 1. The number of hydrogen-bond donors (Lipinski definition) is 1. The number of aromatic nitrogens is 4. The first-order chi connectivity index (χ1) is 13.6. The van der Waals surface area contributed by atoms with E-state index in [4.69, 9.17) is 16.3 Å². The number of nitrogens with one attached hydrogen (secondary N) is 1. The van der Waals surface area contributed by atoms with Crippen molar-refractivity contribution in [1.82, 2.24) is 19.3 Å². The fourth-order valence-corrected chi connectivity index (χ4v) is 3.67. The summed E-state index contributed by atoms with van der Waals surface area (Å²) in [5.74, 6) is 0.941. The van der Waals surface area contributed by atoms with Crippen molar-refractivity contribution >= 4 is 35.0 Å². The predicted molar refractivity (Wildman–Crippen MR) is 111 cm³/mol. The zero-order valence-electron chi connectivity index (χ0n) is 15.8. The van der Waals surface area contributed by atoms with E-state index in [2.05, 4.69) is 26.1 Å². The van der Waals surface area contributed by atoms with Gasteiger partial charge in [-0.3, -0.25) is 4.79 Å². The highest BCUT2D eigenvalue weighted by atomic mass is 35.5. The molecule has 0 unspecified atom stereocenters. The van der Waals surface area contributed by atoms with Crippen molar-refractivity contribution in [2.75, 3.05) is 24.8 Å². The Balaban J connectivity index is 1.66. The number of methoxy groups -OCH3 is 1. The predicted octanol–water partition coefficient (Wildman–Crippen LogP) is 3.24. The van der Waals surface area contributed by atoms with Crippen LogP contribution in [0.4, 0.5) is 5.69 Å². The van der Waals surface area contributed by atoms with Crippen LogP contribution in [0, 0.1) is 0 Å².